The summed E-state index contributed by atoms with van der Waals surface area (Å²) in [5.41, 5.74) is 0. The van der Waals surface area contributed by atoms with Gasteiger partial charge in [0.25, 0.3) is 0 Å². The standard InChI is InChI=1S/C14H21F2NS/c1-2-17-13(10-12-4-3-9-18-12)11-5-7-14(15,16)8-6-11/h3-4,9,11,13,17H,2,5-8,10H2,1H3. The maximum atomic E-state index is 13.2. The topological polar surface area (TPSA) is 12.0 Å². The molecule has 0 aliphatic heterocycles. The lowest BCUT2D eigenvalue weighted by Gasteiger charge is -2.34. The van der Waals surface area contributed by atoms with Crippen LogP contribution in [-0.2, 0) is 6.42 Å². The molecule has 1 fully saturated rings. The number of hydrogen-bond donors (Lipinski definition) is 1. The van der Waals surface area contributed by atoms with Crippen molar-refractivity contribution >= 4 is 11.3 Å². The van der Waals surface area contributed by atoms with Crippen molar-refractivity contribution in [2.45, 2.75) is 51.0 Å². The van der Waals surface area contributed by atoms with E-state index in [-0.39, 0.29) is 12.8 Å². The fourth-order valence-corrected chi connectivity index (χ4v) is 3.54. The fourth-order valence-electron chi connectivity index (χ4n) is 2.78. The quantitative estimate of drug-likeness (QED) is 0.852. The van der Waals surface area contributed by atoms with E-state index in [2.05, 4.69) is 29.8 Å². The van der Waals surface area contributed by atoms with E-state index in [9.17, 15) is 8.78 Å². The molecule has 1 N–H and O–H groups in total. The maximum Gasteiger partial charge on any atom is 0.248 e. The zero-order valence-corrected chi connectivity index (χ0v) is 11.6. The zero-order chi connectivity index (χ0) is 13.0. The van der Waals surface area contributed by atoms with Gasteiger partial charge in [0.15, 0.2) is 0 Å². The summed E-state index contributed by atoms with van der Waals surface area (Å²) in [7, 11) is 0. The van der Waals surface area contributed by atoms with Gasteiger partial charge >= 0.3 is 0 Å². The summed E-state index contributed by atoms with van der Waals surface area (Å²) in [4.78, 5) is 1.35. The summed E-state index contributed by atoms with van der Waals surface area (Å²) < 4.78 is 26.4. The molecule has 1 aromatic heterocycles. The lowest BCUT2D eigenvalue weighted by Crippen LogP contribution is -2.41. The lowest BCUT2D eigenvalue weighted by molar-refractivity contribution is -0.0494. The summed E-state index contributed by atoms with van der Waals surface area (Å²) >= 11 is 1.75. The van der Waals surface area contributed by atoms with Crippen molar-refractivity contribution in [3.8, 4) is 0 Å². The smallest absolute Gasteiger partial charge is 0.248 e. The molecule has 0 radical (unpaired) electrons. The number of hydrogen-bond acceptors (Lipinski definition) is 2. The Labute approximate surface area is 112 Å². The molecule has 1 aliphatic carbocycles. The van der Waals surface area contributed by atoms with Gasteiger partial charge in [-0.3, -0.25) is 0 Å². The molecule has 1 aliphatic rings. The van der Waals surface area contributed by atoms with E-state index in [0.29, 0.717) is 24.8 Å². The van der Waals surface area contributed by atoms with Crippen LogP contribution in [0.3, 0.4) is 0 Å². The van der Waals surface area contributed by atoms with Crippen LogP contribution in [0.1, 0.15) is 37.5 Å². The van der Waals surface area contributed by atoms with E-state index in [1.807, 2.05) is 0 Å². The van der Waals surface area contributed by atoms with Crippen LogP contribution in [0.25, 0.3) is 0 Å². The largest absolute Gasteiger partial charge is 0.314 e. The monoisotopic (exact) mass is 273 g/mol. The van der Waals surface area contributed by atoms with E-state index in [1.165, 1.54) is 4.88 Å². The molecule has 2 rings (SSSR count). The normalized spacial score (nSPS) is 21.9. The van der Waals surface area contributed by atoms with Crippen LogP contribution < -0.4 is 5.32 Å². The van der Waals surface area contributed by atoms with Gasteiger partial charge in [-0.1, -0.05) is 13.0 Å². The van der Waals surface area contributed by atoms with Gasteiger partial charge < -0.3 is 5.32 Å². The summed E-state index contributed by atoms with van der Waals surface area (Å²) in [6.45, 7) is 2.99. The zero-order valence-electron chi connectivity index (χ0n) is 10.8. The Hall–Kier alpha value is -0.480. The Balaban J connectivity index is 1.93. The first-order valence-corrected chi connectivity index (χ1v) is 7.62. The van der Waals surface area contributed by atoms with Gasteiger partial charge in [-0.25, -0.2) is 8.78 Å². The third kappa shape index (κ3) is 3.75. The van der Waals surface area contributed by atoms with Crippen molar-refractivity contribution in [1.82, 2.24) is 5.32 Å². The number of likely N-dealkylation sites (N-methyl/N-ethyl adjacent to an activating group) is 1. The average Bonchev–Trinajstić information content (AvgIpc) is 2.81. The third-order valence-corrected chi connectivity index (χ3v) is 4.70. The second kappa shape index (κ2) is 6.11. The first-order chi connectivity index (χ1) is 8.61. The summed E-state index contributed by atoms with van der Waals surface area (Å²) in [6.07, 6.45) is 2.39. The lowest BCUT2D eigenvalue weighted by atomic mass is 9.81. The molecule has 1 aromatic rings. The number of rotatable bonds is 5. The molecule has 1 heterocycles. The maximum absolute atomic E-state index is 13.2. The minimum Gasteiger partial charge on any atom is -0.314 e. The molecule has 0 amide bonds. The molecule has 0 aromatic carbocycles. The fraction of sp³-hybridized carbons (Fsp3) is 0.714. The highest BCUT2D eigenvalue weighted by molar-refractivity contribution is 7.09. The molecule has 0 saturated heterocycles. The predicted molar refractivity (Wildman–Crippen MR) is 72.4 cm³/mol. The van der Waals surface area contributed by atoms with Crippen LogP contribution in [0.2, 0.25) is 0 Å². The van der Waals surface area contributed by atoms with E-state index in [0.717, 1.165) is 13.0 Å². The van der Waals surface area contributed by atoms with E-state index < -0.39 is 5.92 Å². The van der Waals surface area contributed by atoms with Crippen molar-refractivity contribution in [2.75, 3.05) is 6.54 Å². The van der Waals surface area contributed by atoms with Gasteiger partial charge in [0.05, 0.1) is 0 Å². The highest BCUT2D eigenvalue weighted by atomic mass is 32.1. The van der Waals surface area contributed by atoms with Crippen LogP contribution in [0.15, 0.2) is 17.5 Å². The Bertz CT molecular complexity index is 341. The van der Waals surface area contributed by atoms with Crippen LogP contribution in [-0.4, -0.2) is 18.5 Å². The van der Waals surface area contributed by atoms with Crippen LogP contribution in [0, 0.1) is 5.92 Å². The minimum atomic E-state index is -2.42. The molecule has 1 saturated carbocycles. The second-order valence-electron chi connectivity index (χ2n) is 5.14. The van der Waals surface area contributed by atoms with Crippen molar-refractivity contribution in [3.05, 3.63) is 22.4 Å². The highest BCUT2D eigenvalue weighted by Crippen LogP contribution is 2.38. The first-order valence-electron chi connectivity index (χ1n) is 6.74. The van der Waals surface area contributed by atoms with Crippen LogP contribution in [0.5, 0.6) is 0 Å². The van der Waals surface area contributed by atoms with Gasteiger partial charge in [-0.05, 0) is 43.2 Å². The van der Waals surface area contributed by atoms with E-state index >= 15 is 0 Å². The van der Waals surface area contributed by atoms with Crippen molar-refractivity contribution in [1.29, 1.82) is 0 Å². The second-order valence-corrected chi connectivity index (χ2v) is 6.17. The van der Waals surface area contributed by atoms with E-state index in [1.54, 1.807) is 11.3 Å². The molecule has 102 valence electrons. The Morgan fingerprint density at radius 1 is 1.44 bits per heavy atom. The number of thiophene rings is 1. The van der Waals surface area contributed by atoms with Gasteiger partial charge in [-0.2, -0.15) is 0 Å². The summed E-state index contributed by atoms with van der Waals surface area (Å²) in [5.74, 6) is -2.03. The average molecular weight is 273 g/mol. The SMILES string of the molecule is CCNC(Cc1cccs1)C1CCC(F)(F)CC1. The van der Waals surface area contributed by atoms with E-state index in [4.69, 9.17) is 0 Å². The van der Waals surface area contributed by atoms with Gasteiger partial charge in [0.1, 0.15) is 0 Å². The molecule has 1 atom stereocenters. The minimum absolute atomic E-state index is 0.0595. The van der Waals surface area contributed by atoms with Crippen molar-refractivity contribution in [3.63, 3.8) is 0 Å². The molecule has 4 heteroatoms. The Kier molecular flexibility index (Phi) is 4.73. The molecular weight excluding hydrogens is 252 g/mol. The molecule has 18 heavy (non-hydrogen) atoms. The molecular formula is C14H21F2NS. The summed E-state index contributed by atoms with van der Waals surface area (Å²) in [6, 6.07) is 4.54. The molecule has 1 nitrogen and oxygen atoms in total. The molecule has 1 unspecified atom stereocenters. The number of halogens is 2. The van der Waals surface area contributed by atoms with Crippen LogP contribution >= 0.6 is 11.3 Å². The highest BCUT2D eigenvalue weighted by Gasteiger charge is 2.37. The Morgan fingerprint density at radius 3 is 2.72 bits per heavy atom. The summed E-state index contributed by atoms with van der Waals surface area (Å²) in [5, 5.41) is 5.56. The molecule has 0 bridgehead atoms. The van der Waals surface area contributed by atoms with Crippen molar-refractivity contribution in [2.24, 2.45) is 5.92 Å². The number of nitrogens with one attached hydrogen (secondary N) is 1. The van der Waals surface area contributed by atoms with Crippen molar-refractivity contribution < 1.29 is 8.78 Å². The molecule has 0 spiro atoms. The van der Waals surface area contributed by atoms with Gasteiger partial charge in [0.2, 0.25) is 5.92 Å². The van der Waals surface area contributed by atoms with Gasteiger partial charge in [-0.15, -0.1) is 11.3 Å². The number of alkyl halides is 2. The van der Waals surface area contributed by atoms with Gasteiger partial charge in [0, 0.05) is 23.8 Å². The third-order valence-electron chi connectivity index (χ3n) is 3.80. The first kappa shape index (κ1) is 13.9. The van der Waals surface area contributed by atoms with Crippen LogP contribution in [0.4, 0.5) is 8.78 Å². The predicted octanol–water partition coefficient (Wildman–Crippen LogP) is 4.09. The Morgan fingerprint density at radius 2 is 2.17 bits per heavy atom.